The van der Waals surface area contributed by atoms with Crippen LogP contribution in [0.15, 0.2) is 36.5 Å². The zero-order valence-electron chi connectivity index (χ0n) is 12.7. The number of H-pyrrole nitrogens is 1. The van der Waals surface area contributed by atoms with E-state index in [9.17, 15) is 4.79 Å². The van der Waals surface area contributed by atoms with Gasteiger partial charge in [-0.3, -0.25) is 9.36 Å². The van der Waals surface area contributed by atoms with Crippen LogP contribution in [-0.4, -0.2) is 45.7 Å². The highest BCUT2D eigenvalue weighted by atomic mass is 32.1. The molecule has 0 bridgehead atoms. The minimum Gasteiger partial charge on any atom is -0.372 e. The Morgan fingerprint density at radius 2 is 1.86 bits per heavy atom. The summed E-state index contributed by atoms with van der Waals surface area (Å²) in [5.41, 5.74) is 1.43. The Morgan fingerprint density at radius 1 is 1.23 bits per heavy atom. The molecule has 1 saturated heterocycles. The fourth-order valence-electron chi connectivity index (χ4n) is 2.87. The van der Waals surface area contributed by atoms with Crippen LogP contribution >= 0.6 is 12.2 Å². The number of amides is 1. The molecule has 1 fully saturated rings. The lowest BCUT2D eigenvalue weighted by atomic mass is 10.2. The number of hydrogen-bond donors (Lipinski definition) is 1. The van der Waals surface area contributed by atoms with E-state index in [1.165, 1.54) is 0 Å². The van der Waals surface area contributed by atoms with Crippen molar-refractivity contribution in [2.45, 2.75) is 26.1 Å². The van der Waals surface area contributed by atoms with Gasteiger partial charge in [-0.1, -0.05) is 18.2 Å². The molecule has 2 aromatic rings. The third kappa shape index (κ3) is 2.84. The minimum absolute atomic E-state index is 0.0294. The highest BCUT2D eigenvalue weighted by Crippen LogP contribution is 2.17. The maximum absolute atomic E-state index is 12.9. The predicted molar refractivity (Wildman–Crippen MR) is 86.9 cm³/mol. The monoisotopic (exact) mass is 317 g/mol. The van der Waals surface area contributed by atoms with Crippen molar-refractivity contribution in [3.05, 3.63) is 47.0 Å². The lowest BCUT2D eigenvalue weighted by Crippen LogP contribution is -2.48. The first-order valence-corrected chi connectivity index (χ1v) is 7.77. The molecule has 1 aliphatic heterocycles. The highest BCUT2D eigenvalue weighted by molar-refractivity contribution is 7.71. The molecule has 116 valence electrons. The summed E-state index contributed by atoms with van der Waals surface area (Å²) >= 11 is 5.33. The fourth-order valence-corrected chi connectivity index (χ4v) is 3.13. The number of carbonyl (C=O) groups excluding carboxylic acids is 1. The summed E-state index contributed by atoms with van der Waals surface area (Å²) in [6.45, 7) is 5.15. The molecule has 22 heavy (non-hydrogen) atoms. The molecule has 1 N–H and O–H groups in total. The number of rotatable bonds is 2. The lowest BCUT2D eigenvalue weighted by molar-refractivity contribution is -0.0587. The van der Waals surface area contributed by atoms with Crippen LogP contribution in [0.2, 0.25) is 0 Å². The Labute approximate surface area is 134 Å². The molecule has 1 amide bonds. The van der Waals surface area contributed by atoms with Gasteiger partial charge >= 0.3 is 0 Å². The maximum Gasteiger partial charge on any atom is 0.272 e. The van der Waals surface area contributed by atoms with E-state index in [1.807, 2.05) is 49.1 Å². The number of morpholine rings is 1. The average molecular weight is 317 g/mol. The molecule has 0 saturated carbocycles. The Kier molecular flexibility index (Phi) is 4.13. The number of ether oxygens (including phenoxy) is 1. The molecule has 0 aliphatic carbocycles. The second kappa shape index (κ2) is 6.06. The number of nitrogens with one attached hydrogen (secondary N) is 1. The first kappa shape index (κ1) is 15.0. The van der Waals surface area contributed by atoms with E-state index >= 15 is 0 Å². The Morgan fingerprint density at radius 3 is 2.50 bits per heavy atom. The van der Waals surface area contributed by atoms with Crippen LogP contribution in [-0.2, 0) is 4.74 Å². The van der Waals surface area contributed by atoms with E-state index < -0.39 is 0 Å². The lowest BCUT2D eigenvalue weighted by Gasteiger charge is -2.35. The van der Waals surface area contributed by atoms with Gasteiger partial charge in [0.1, 0.15) is 5.69 Å². The topological polar surface area (TPSA) is 50.3 Å². The van der Waals surface area contributed by atoms with Gasteiger partial charge < -0.3 is 14.6 Å². The van der Waals surface area contributed by atoms with Gasteiger partial charge in [-0.15, -0.1) is 0 Å². The summed E-state index contributed by atoms with van der Waals surface area (Å²) in [4.78, 5) is 17.7. The molecule has 3 rings (SSSR count). The van der Waals surface area contributed by atoms with Crippen molar-refractivity contribution in [1.29, 1.82) is 0 Å². The van der Waals surface area contributed by atoms with Gasteiger partial charge in [-0.25, -0.2) is 0 Å². The first-order chi connectivity index (χ1) is 10.6. The van der Waals surface area contributed by atoms with Crippen LogP contribution in [0, 0.1) is 4.77 Å². The Balaban J connectivity index is 1.96. The second-order valence-corrected chi connectivity index (χ2v) is 6.00. The smallest absolute Gasteiger partial charge is 0.272 e. The number of benzene rings is 1. The van der Waals surface area contributed by atoms with Gasteiger partial charge in [-0.2, -0.15) is 0 Å². The van der Waals surface area contributed by atoms with Crippen molar-refractivity contribution in [3.8, 4) is 5.69 Å². The molecular weight excluding hydrogens is 298 g/mol. The number of aromatic amines is 1. The molecule has 1 aliphatic rings. The normalized spacial score (nSPS) is 21.8. The van der Waals surface area contributed by atoms with Crippen molar-refractivity contribution in [3.63, 3.8) is 0 Å². The van der Waals surface area contributed by atoms with Gasteiger partial charge in [0.25, 0.3) is 5.91 Å². The van der Waals surface area contributed by atoms with Crippen molar-refractivity contribution < 1.29 is 9.53 Å². The molecule has 6 heteroatoms. The summed E-state index contributed by atoms with van der Waals surface area (Å²) in [5, 5.41) is 0. The number of carbonyl (C=O) groups is 1. The Bertz CT molecular complexity index is 712. The SMILES string of the molecule is C[C@@H]1CN(C(=O)c2c[nH]c(=S)n2-c2ccccc2)C[C@@H](C)O1. The molecule has 1 aromatic heterocycles. The van der Waals surface area contributed by atoms with Crippen LogP contribution in [0.5, 0.6) is 0 Å². The number of imidazole rings is 1. The van der Waals surface area contributed by atoms with Gasteiger partial charge in [0.05, 0.1) is 12.2 Å². The number of hydrogen-bond acceptors (Lipinski definition) is 3. The number of aromatic nitrogens is 2. The molecule has 5 nitrogen and oxygen atoms in total. The first-order valence-electron chi connectivity index (χ1n) is 7.37. The molecule has 0 spiro atoms. The van der Waals surface area contributed by atoms with Gasteiger partial charge in [0, 0.05) is 25.0 Å². The summed E-state index contributed by atoms with van der Waals surface area (Å²) < 4.78 is 7.99. The van der Waals surface area contributed by atoms with Crippen LogP contribution in [0.25, 0.3) is 5.69 Å². The maximum atomic E-state index is 12.9. The van der Waals surface area contributed by atoms with Crippen LogP contribution in [0.1, 0.15) is 24.3 Å². The average Bonchev–Trinajstić information content (AvgIpc) is 2.88. The van der Waals surface area contributed by atoms with E-state index in [1.54, 1.807) is 10.8 Å². The minimum atomic E-state index is -0.0294. The Hall–Kier alpha value is -1.92. The third-order valence-electron chi connectivity index (χ3n) is 3.72. The van der Waals surface area contributed by atoms with Crippen molar-refractivity contribution >= 4 is 18.1 Å². The van der Waals surface area contributed by atoms with Gasteiger partial charge in [0.2, 0.25) is 0 Å². The van der Waals surface area contributed by atoms with Crippen molar-refractivity contribution in [2.75, 3.05) is 13.1 Å². The largest absolute Gasteiger partial charge is 0.372 e. The summed E-state index contributed by atoms with van der Waals surface area (Å²) in [6, 6.07) is 9.66. The van der Waals surface area contributed by atoms with Crippen molar-refractivity contribution in [2.24, 2.45) is 0 Å². The quantitative estimate of drug-likeness (QED) is 0.867. The van der Waals surface area contributed by atoms with E-state index in [-0.39, 0.29) is 18.1 Å². The van der Waals surface area contributed by atoms with Crippen LogP contribution in [0.4, 0.5) is 0 Å². The molecule has 0 radical (unpaired) electrons. The summed E-state index contributed by atoms with van der Waals surface area (Å²) in [7, 11) is 0. The second-order valence-electron chi connectivity index (χ2n) is 5.62. The van der Waals surface area contributed by atoms with Crippen LogP contribution < -0.4 is 0 Å². The third-order valence-corrected chi connectivity index (χ3v) is 4.02. The van der Waals surface area contributed by atoms with E-state index in [0.29, 0.717) is 23.6 Å². The summed E-state index contributed by atoms with van der Waals surface area (Å²) in [5.74, 6) is -0.0294. The summed E-state index contributed by atoms with van der Waals surface area (Å²) in [6.07, 6.45) is 1.77. The number of nitrogens with zero attached hydrogens (tertiary/aromatic N) is 2. The molecule has 1 aromatic carbocycles. The van der Waals surface area contributed by atoms with Crippen LogP contribution in [0.3, 0.4) is 0 Å². The zero-order chi connectivity index (χ0) is 15.7. The molecule has 0 unspecified atom stereocenters. The van der Waals surface area contributed by atoms with E-state index in [4.69, 9.17) is 17.0 Å². The standard InChI is InChI=1S/C16H19N3O2S/c1-11-9-18(10-12(2)21-11)15(20)14-8-17-16(22)19(14)13-6-4-3-5-7-13/h3-8,11-12H,9-10H2,1-2H3,(H,17,22)/t11-,12-/m1/s1. The molecule has 2 atom stereocenters. The van der Waals surface area contributed by atoms with Gasteiger partial charge in [-0.05, 0) is 38.2 Å². The molecular formula is C16H19N3O2S. The van der Waals surface area contributed by atoms with Crippen molar-refractivity contribution in [1.82, 2.24) is 14.5 Å². The fraction of sp³-hybridized carbons (Fsp3) is 0.375. The highest BCUT2D eigenvalue weighted by Gasteiger charge is 2.28. The van der Waals surface area contributed by atoms with E-state index in [0.717, 1.165) is 5.69 Å². The zero-order valence-corrected chi connectivity index (χ0v) is 13.5. The number of para-hydroxylation sites is 1. The van der Waals surface area contributed by atoms with Gasteiger partial charge in [0.15, 0.2) is 4.77 Å². The molecule has 2 heterocycles. The predicted octanol–water partition coefficient (Wildman–Crippen LogP) is 2.78. The van der Waals surface area contributed by atoms with E-state index in [2.05, 4.69) is 4.98 Å².